The van der Waals surface area contributed by atoms with Gasteiger partial charge in [0.05, 0.1) is 16.8 Å². The average Bonchev–Trinajstić information content (AvgIpc) is 2.36. The fraction of sp³-hybridized carbons (Fsp3) is 0.571. The van der Waals surface area contributed by atoms with Crippen LogP contribution in [0.25, 0.3) is 0 Å². The Balaban J connectivity index is 2.07. The van der Waals surface area contributed by atoms with Crippen molar-refractivity contribution in [2.24, 2.45) is 0 Å². The Kier molecular flexibility index (Phi) is 4.77. The number of aryl methyl sites for hydroxylation is 1. The van der Waals surface area contributed by atoms with Crippen molar-refractivity contribution in [3.63, 3.8) is 0 Å². The molecule has 0 bridgehead atoms. The van der Waals surface area contributed by atoms with Gasteiger partial charge >= 0.3 is 0 Å². The van der Waals surface area contributed by atoms with E-state index in [9.17, 15) is 0 Å². The molecule has 0 aromatic heterocycles. The van der Waals surface area contributed by atoms with Gasteiger partial charge < -0.3 is 10.1 Å². The van der Waals surface area contributed by atoms with Gasteiger partial charge in [-0.05, 0) is 50.3 Å². The van der Waals surface area contributed by atoms with Crippen LogP contribution in [0.15, 0.2) is 12.1 Å². The third-order valence-electron chi connectivity index (χ3n) is 3.57. The molecule has 1 aromatic carbocycles. The van der Waals surface area contributed by atoms with E-state index in [1.807, 2.05) is 19.1 Å². The van der Waals surface area contributed by atoms with E-state index in [-0.39, 0.29) is 0 Å². The van der Waals surface area contributed by atoms with Crippen LogP contribution in [0, 0.1) is 6.92 Å². The zero-order chi connectivity index (χ0) is 13.1. The smallest absolute Gasteiger partial charge is 0.0641 e. The summed E-state index contributed by atoms with van der Waals surface area (Å²) in [7, 11) is 1.78. The van der Waals surface area contributed by atoms with E-state index in [0.717, 1.165) is 40.6 Å². The molecule has 0 aliphatic heterocycles. The zero-order valence-electron chi connectivity index (χ0n) is 10.8. The summed E-state index contributed by atoms with van der Waals surface area (Å²) < 4.78 is 5.43. The number of hydrogen-bond donors (Lipinski definition) is 1. The van der Waals surface area contributed by atoms with Crippen molar-refractivity contribution in [2.75, 3.05) is 12.4 Å². The zero-order valence-corrected chi connectivity index (χ0v) is 12.3. The maximum atomic E-state index is 6.24. The van der Waals surface area contributed by atoms with Gasteiger partial charge in [0, 0.05) is 18.2 Å². The van der Waals surface area contributed by atoms with Gasteiger partial charge in [-0.25, -0.2) is 0 Å². The Morgan fingerprint density at radius 1 is 1.22 bits per heavy atom. The third kappa shape index (κ3) is 3.31. The second-order valence-electron chi connectivity index (χ2n) is 4.95. The van der Waals surface area contributed by atoms with Crippen molar-refractivity contribution in [2.45, 2.75) is 44.8 Å². The number of ether oxygens (including phenoxy) is 1. The minimum atomic E-state index is 0.357. The maximum absolute atomic E-state index is 6.24. The van der Waals surface area contributed by atoms with E-state index in [1.54, 1.807) is 7.11 Å². The van der Waals surface area contributed by atoms with Gasteiger partial charge in [0.15, 0.2) is 0 Å². The lowest BCUT2D eigenvalue weighted by molar-refractivity contribution is 0.0669. The van der Waals surface area contributed by atoms with E-state index in [2.05, 4.69) is 5.32 Å². The Morgan fingerprint density at radius 2 is 2.00 bits per heavy atom. The summed E-state index contributed by atoms with van der Waals surface area (Å²) in [4.78, 5) is 0. The van der Waals surface area contributed by atoms with Crippen molar-refractivity contribution in [1.82, 2.24) is 0 Å². The van der Waals surface area contributed by atoms with Gasteiger partial charge in [0.2, 0.25) is 0 Å². The predicted molar refractivity (Wildman–Crippen MR) is 77.9 cm³/mol. The SMILES string of the molecule is COC1CCCC(Nc2cc(Cl)c(C)cc2Cl)C1. The topological polar surface area (TPSA) is 21.3 Å². The van der Waals surface area contributed by atoms with Crippen LogP contribution in [-0.2, 0) is 4.74 Å². The molecule has 0 amide bonds. The van der Waals surface area contributed by atoms with Crippen LogP contribution in [0.2, 0.25) is 10.0 Å². The first kappa shape index (κ1) is 14.0. The van der Waals surface area contributed by atoms with Gasteiger partial charge in [0.25, 0.3) is 0 Å². The summed E-state index contributed by atoms with van der Waals surface area (Å²) in [6.45, 7) is 1.96. The fourth-order valence-electron chi connectivity index (χ4n) is 2.47. The number of halogens is 2. The maximum Gasteiger partial charge on any atom is 0.0641 e. The molecule has 4 heteroatoms. The molecule has 18 heavy (non-hydrogen) atoms. The highest BCUT2D eigenvalue weighted by molar-refractivity contribution is 6.35. The quantitative estimate of drug-likeness (QED) is 0.872. The van der Waals surface area contributed by atoms with Crippen molar-refractivity contribution in [3.8, 4) is 0 Å². The van der Waals surface area contributed by atoms with Gasteiger partial charge in [-0.2, -0.15) is 0 Å². The molecule has 1 aliphatic rings. The summed E-state index contributed by atoms with van der Waals surface area (Å²) in [6.07, 6.45) is 4.88. The minimum absolute atomic E-state index is 0.357. The molecule has 1 aromatic rings. The molecular formula is C14H19Cl2NO. The first-order valence-corrected chi connectivity index (χ1v) is 7.10. The molecule has 2 nitrogen and oxygen atoms in total. The molecule has 0 radical (unpaired) electrons. The van der Waals surface area contributed by atoms with E-state index >= 15 is 0 Å². The van der Waals surface area contributed by atoms with Crippen molar-refractivity contribution in [3.05, 3.63) is 27.7 Å². The van der Waals surface area contributed by atoms with E-state index in [1.165, 1.54) is 6.42 Å². The molecule has 1 aliphatic carbocycles. The van der Waals surface area contributed by atoms with Crippen LogP contribution in [0.1, 0.15) is 31.2 Å². The van der Waals surface area contributed by atoms with Crippen LogP contribution < -0.4 is 5.32 Å². The van der Waals surface area contributed by atoms with E-state index < -0.39 is 0 Å². The Morgan fingerprint density at radius 3 is 2.72 bits per heavy atom. The van der Waals surface area contributed by atoms with Crippen molar-refractivity contribution in [1.29, 1.82) is 0 Å². The number of anilines is 1. The minimum Gasteiger partial charge on any atom is -0.381 e. The second kappa shape index (κ2) is 6.14. The molecule has 2 rings (SSSR count). The van der Waals surface area contributed by atoms with Gasteiger partial charge in [-0.1, -0.05) is 23.2 Å². The predicted octanol–water partition coefficient (Wildman–Crippen LogP) is 4.67. The lowest BCUT2D eigenvalue weighted by Crippen LogP contribution is -2.31. The van der Waals surface area contributed by atoms with Crippen LogP contribution >= 0.6 is 23.2 Å². The van der Waals surface area contributed by atoms with E-state index in [0.29, 0.717) is 12.1 Å². The Bertz CT molecular complexity index is 423. The molecule has 100 valence electrons. The summed E-state index contributed by atoms with van der Waals surface area (Å²) >= 11 is 12.4. The summed E-state index contributed by atoms with van der Waals surface area (Å²) in [5.41, 5.74) is 1.93. The molecule has 1 fully saturated rings. The van der Waals surface area contributed by atoms with Gasteiger partial charge in [-0.15, -0.1) is 0 Å². The molecule has 1 N–H and O–H groups in total. The first-order valence-electron chi connectivity index (χ1n) is 6.35. The second-order valence-corrected chi connectivity index (χ2v) is 5.76. The van der Waals surface area contributed by atoms with Crippen molar-refractivity contribution < 1.29 is 4.74 Å². The van der Waals surface area contributed by atoms with Gasteiger partial charge in [0.1, 0.15) is 0 Å². The number of methoxy groups -OCH3 is 1. The highest BCUT2D eigenvalue weighted by Crippen LogP contribution is 2.31. The number of nitrogens with one attached hydrogen (secondary N) is 1. The number of rotatable bonds is 3. The lowest BCUT2D eigenvalue weighted by Gasteiger charge is -2.30. The number of hydrogen-bond acceptors (Lipinski definition) is 2. The third-order valence-corrected chi connectivity index (χ3v) is 4.29. The molecule has 2 atom stereocenters. The fourth-order valence-corrected chi connectivity index (χ4v) is 2.90. The normalized spacial score (nSPS) is 24.0. The number of benzene rings is 1. The first-order chi connectivity index (χ1) is 8.60. The molecule has 2 unspecified atom stereocenters. The lowest BCUT2D eigenvalue weighted by atomic mass is 9.92. The molecule has 0 saturated heterocycles. The standard InChI is InChI=1S/C14H19Cl2NO/c1-9-6-13(16)14(8-12(9)15)17-10-4-3-5-11(7-10)18-2/h6,8,10-11,17H,3-5,7H2,1-2H3. The van der Waals surface area contributed by atoms with Crippen molar-refractivity contribution >= 4 is 28.9 Å². The Hall–Kier alpha value is -0.440. The van der Waals surface area contributed by atoms with E-state index in [4.69, 9.17) is 27.9 Å². The molecule has 0 heterocycles. The Labute approximate surface area is 119 Å². The monoisotopic (exact) mass is 287 g/mol. The van der Waals surface area contributed by atoms with Crippen LogP contribution in [0.3, 0.4) is 0 Å². The average molecular weight is 288 g/mol. The molecule has 1 saturated carbocycles. The summed E-state index contributed by atoms with van der Waals surface area (Å²) in [6, 6.07) is 4.23. The van der Waals surface area contributed by atoms with Crippen LogP contribution in [0.4, 0.5) is 5.69 Å². The molecular weight excluding hydrogens is 269 g/mol. The highest BCUT2D eigenvalue weighted by atomic mass is 35.5. The summed E-state index contributed by atoms with van der Waals surface area (Å²) in [5, 5.41) is 4.97. The highest BCUT2D eigenvalue weighted by Gasteiger charge is 2.22. The van der Waals surface area contributed by atoms with Crippen LogP contribution in [-0.4, -0.2) is 19.3 Å². The summed E-state index contributed by atoms with van der Waals surface area (Å²) in [5.74, 6) is 0. The largest absolute Gasteiger partial charge is 0.381 e. The van der Waals surface area contributed by atoms with Crippen LogP contribution in [0.5, 0.6) is 0 Å². The molecule has 0 spiro atoms. The van der Waals surface area contributed by atoms with Gasteiger partial charge in [-0.3, -0.25) is 0 Å².